The monoisotopic (exact) mass is 262 g/mol. The average Bonchev–Trinajstić information content (AvgIpc) is 2.66. The van der Waals surface area contributed by atoms with Crippen molar-refractivity contribution in [2.45, 2.75) is 6.42 Å². The third kappa shape index (κ3) is 2.86. The summed E-state index contributed by atoms with van der Waals surface area (Å²) in [5, 5.41) is 1.07. The van der Waals surface area contributed by atoms with Gasteiger partial charge < -0.3 is 15.2 Å². The van der Waals surface area contributed by atoms with Crippen molar-refractivity contribution in [3.05, 3.63) is 35.8 Å². The standard InChI is InChI=1S/C14H19FN4/c1-18(2)14(16)17-7-6-10-9-19(3)13-8-11(15)4-5-12(10)13/h4-5,8-9H,6-7H2,1-3H3,(H2,16,17). The molecule has 2 aromatic rings. The summed E-state index contributed by atoms with van der Waals surface area (Å²) in [5.74, 6) is 0.307. The lowest BCUT2D eigenvalue weighted by Crippen LogP contribution is -2.30. The van der Waals surface area contributed by atoms with Gasteiger partial charge in [-0.3, -0.25) is 4.99 Å². The Kier molecular flexibility index (Phi) is 3.74. The number of hydrogen-bond acceptors (Lipinski definition) is 1. The Bertz CT molecular complexity index is 613. The molecule has 2 N–H and O–H groups in total. The number of aliphatic imine (C=N–C) groups is 1. The second-order valence-corrected chi connectivity index (χ2v) is 4.81. The molecular formula is C14H19FN4. The summed E-state index contributed by atoms with van der Waals surface area (Å²) in [6, 6.07) is 4.86. The molecule has 0 saturated carbocycles. The number of nitrogens with zero attached hydrogens (tertiary/aromatic N) is 3. The van der Waals surface area contributed by atoms with Crippen LogP contribution >= 0.6 is 0 Å². The minimum absolute atomic E-state index is 0.213. The van der Waals surface area contributed by atoms with Gasteiger partial charge in [-0.2, -0.15) is 0 Å². The van der Waals surface area contributed by atoms with Crippen LogP contribution in [0.1, 0.15) is 5.56 Å². The highest BCUT2D eigenvalue weighted by Crippen LogP contribution is 2.22. The third-order valence-corrected chi connectivity index (χ3v) is 3.15. The van der Waals surface area contributed by atoms with E-state index < -0.39 is 0 Å². The van der Waals surface area contributed by atoms with E-state index in [1.54, 1.807) is 11.0 Å². The van der Waals surface area contributed by atoms with Crippen LogP contribution in [0.2, 0.25) is 0 Å². The van der Waals surface area contributed by atoms with Crippen LogP contribution in [0.15, 0.2) is 29.4 Å². The largest absolute Gasteiger partial charge is 0.370 e. The van der Waals surface area contributed by atoms with Crippen LogP contribution in [0.3, 0.4) is 0 Å². The molecule has 1 aromatic carbocycles. The van der Waals surface area contributed by atoms with Crippen LogP contribution < -0.4 is 5.73 Å². The average molecular weight is 262 g/mol. The number of halogens is 1. The molecule has 4 nitrogen and oxygen atoms in total. The van der Waals surface area contributed by atoms with Crippen molar-refractivity contribution in [3.63, 3.8) is 0 Å². The molecule has 1 aromatic heterocycles. The summed E-state index contributed by atoms with van der Waals surface area (Å²) in [5.41, 5.74) is 7.80. The minimum Gasteiger partial charge on any atom is -0.370 e. The molecule has 0 radical (unpaired) electrons. The highest BCUT2D eigenvalue weighted by Gasteiger charge is 2.07. The van der Waals surface area contributed by atoms with Crippen molar-refractivity contribution < 1.29 is 4.39 Å². The van der Waals surface area contributed by atoms with E-state index in [4.69, 9.17) is 5.73 Å². The van der Waals surface area contributed by atoms with E-state index in [1.165, 1.54) is 6.07 Å². The minimum atomic E-state index is -0.213. The first kappa shape index (κ1) is 13.4. The van der Waals surface area contributed by atoms with Crippen molar-refractivity contribution >= 4 is 16.9 Å². The van der Waals surface area contributed by atoms with E-state index in [1.807, 2.05) is 38.0 Å². The lowest BCUT2D eigenvalue weighted by Gasteiger charge is -2.10. The molecule has 0 atom stereocenters. The van der Waals surface area contributed by atoms with Crippen LogP contribution in [-0.2, 0) is 13.5 Å². The fraction of sp³-hybridized carbons (Fsp3) is 0.357. The molecule has 0 amide bonds. The molecule has 5 heteroatoms. The van der Waals surface area contributed by atoms with Gasteiger partial charge >= 0.3 is 0 Å². The van der Waals surface area contributed by atoms with Gasteiger partial charge in [0.1, 0.15) is 5.82 Å². The van der Waals surface area contributed by atoms with Gasteiger partial charge in [-0.05, 0) is 30.2 Å². The van der Waals surface area contributed by atoms with E-state index in [0.717, 1.165) is 22.9 Å². The van der Waals surface area contributed by atoms with Crippen molar-refractivity contribution in [2.24, 2.45) is 17.8 Å². The van der Waals surface area contributed by atoms with Crippen LogP contribution in [0.5, 0.6) is 0 Å². The predicted molar refractivity (Wildman–Crippen MR) is 76.8 cm³/mol. The molecule has 102 valence electrons. The molecule has 0 saturated heterocycles. The maximum atomic E-state index is 13.2. The Morgan fingerprint density at radius 1 is 1.42 bits per heavy atom. The second kappa shape index (κ2) is 5.30. The van der Waals surface area contributed by atoms with Crippen molar-refractivity contribution in [1.82, 2.24) is 9.47 Å². The van der Waals surface area contributed by atoms with Crippen LogP contribution in [0, 0.1) is 5.82 Å². The number of fused-ring (bicyclic) bond motifs is 1. The smallest absolute Gasteiger partial charge is 0.190 e. The summed E-state index contributed by atoms with van der Waals surface area (Å²) in [4.78, 5) is 6.07. The summed E-state index contributed by atoms with van der Waals surface area (Å²) in [6.07, 6.45) is 2.81. The van der Waals surface area contributed by atoms with Gasteiger partial charge in [0.05, 0.1) is 5.52 Å². The van der Waals surface area contributed by atoms with Crippen LogP contribution in [0.25, 0.3) is 10.9 Å². The number of guanidine groups is 1. The van der Waals surface area contributed by atoms with Gasteiger partial charge in [-0.25, -0.2) is 4.39 Å². The Morgan fingerprint density at radius 2 is 2.16 bits per heavy atom. The van der Waals surface area contributed by atoms with E-state index >= 15 is 0 Å². The molecule has 0 spiro atoms. The fourth-order valence-corrected chi connectivity index (χ4v) is 2.07. The zero-order valence-corrected chi connectivity index (χ0v) is 11.5. The first-order valence-electron chi connectivity index (χ1n) is 6.19. The van der Waals surface area contributed by atoms with Crippen molar-refractivity contribution in [2.75, 3.05) is 20.6 Å². The molecule has 1 heterocycles. The van der Waals surface area contributed by atoms with E-state index in [0.29, 0.717) is 12.5 Å². The second-order valence-electron chi connectivity index (χ2n) is 4.81. The van der Waals surface area contributed by atoms with Gasteiger partial charge in [-0.1, -0.05) is 0 Å². The predicted octanol–water partition coefficient (Wildman–Crippen LogP) is 1.74. The van der Waals surface area contributed by atoms with Gasteiger partial charge in [0.15, 0.2) is 5.96 Å². The summed E-state index contributed by atoms with van der Waals surface area (Å²) < 4.78 is 15.2. The molecule has 19 heavy (non-hydrogen) atoms. The fourth-order valence-electron chi connectivity index (χ4n) is 2.07. The van der Waals surface area contributed by atoms with E-state index in [-0.39, 0.29) is 5.82 Å². The highest BCUT2D eigenvalue weighted by atomic mass is 19.1. The zero-order chi connectivity index (χ0) is 14.0. The first-order chi connectivity index (χ1) is 8.99. The first-order valence-corrected chi connectivity index (χ1v) is 6.19. The number of aromatic nitrogens is 1. The van der Waals surface area contributed by atoms with Gasteiger partial charge in [0.25, 0.3) is 0 Å². The topological polar surface area (TPSA) is 46.5 Å². The number of aryl methyl sites for hydroxylation is 1. The Morgan fingerprint density at radius 3 is 2.84 bits per heavy atom. The molecule has 0 bridgehead atoms. The SMILES string of the molecule is CN(C)C(N)=NCCc1cn(C)c2cc(F)ccc12. The summed E-state index contributed by atoms with van der Waals surface area (Å²) in [6.45, 7) is 0.625. The number of hydrogen-bond donors (Lipinski definition) is 1. The van der Waals surface area contributed by atoms with E-state index in [2.05, 4.69) is 4.99 Å². The number of rotatable bonds is 3. The van der Waals surface area contributed by atoms with Crippen molar-refractivity contribution in [1.29, 1.82) is 0 Å². The number of nitrogens with two attached hydrogens (primary N) is 1. The lowest BCUT2D eigenvalue weighted by molar-refractivity contribution is 0.609. The molecule has 0 unspecified atom stereocenters. The van der Waals surface area contributed by atoms with Gasteiger partial charge in [0.2, 0.25) is 0 Å². The maximum Gasteiger partial charge on any atom is 0.190 e. The number of benzene rings is 1. The molecule has 0 aliphatic rings. The summed E-state index contributed by atoms with van der Waals surface area (Å²) in [7, 11) is 5.64. The van der Waals surface area contributed by atoms with Crippen LogP contribution in [-0.4, -0.2) is 36.1 Å². The Hall–Kier alpha value is -2.04. The highest BCUT2D eigenvalue weighted by molar-refractivity contribution is 5.84. The zero-order valence-electron chi connectivity index (χ0n) is 11.5. The van der Waals surface area contributed by atoms with Gasteiger partial charge in [-0.15, -0.1) is 0 Å². The quantitative estimate of drug-likeness (QED) is 0.676. The Labute approximate surface area is 112 Å². The normalized spacial score (nSPS) is 12.1. The van der Waals surface area contributed by atoms with Gasteiger partial charge in [0, 0.05) is 39.3 Å². The molecule has 0 fully saturated rings. The third-order valence-electron chi connectivity index (χ3n) is 3.15. The maximum absolute atomic E-state index is 13.2. The molecule has 0 aliphatic heterocycles. The molecular weight excluding hydrogens is 243 g/mol. The lowest BCUT2D eigenvalue weighted by atomic mass is 10.1. The molecule has 2 rings (SSSR count). The van der Waals surface area contributed by atoms with Crippen molar-refractivity contribution in [3.8, 4) is 0 Å². The van der Waals surface area contributed by atoms with E-state index in [9.17, 15) is 4.39 Å². The van der Waals surface area contributed by atoms with Crippen LogP contribution in [0.4, 0.5) is 4.39 Å². The molecule has 0 aliphatic carbocycles. The Balaban J connectivity index is 2.20. The summed E-state index contributed by atoms with van der Waals surface area (Å²) >= 11 is 0.